The fourth-order valence-electron chi connectivity index (χ4n) is 1.67. The van der Waals surface area contributed by atoms with E-state index < -0.39 is 0 Å². The molecule has 9 heteroatoms. The Morgan fingerprint density at radius 3 is 2.26 bits per heavy atom. The molecule has 0 saturated carbocycles. The number of nitrogens with two attached hydrogens (primary N) is 2. The third-order valence-corrected chi connectivity index (χ3v) is 2.55. The van der Waals surface area contributed by atoms with E-state index in [1.54, 1.807) is 4.90 Å². The highest BCUT2D eigenvalue weighted by molar-refractivity contribution is 5.91. The van der Waals surface area contributed by atoms with Gasteiger partial charge < -0.3 is 26.6 Å². The van der Waals surface area contributed by atoms with Crippen molar-refractivity contribution < 1.29 is 10.2 Å². The van der Waals surface area contributed by atoms with Crippen molar-refractivity contribution in [1.82, 2.24) is 19.9 Å². The number of nitrogens with zero attached hydrogens (tertiary/aromatic N) is 5. The molecule has 6 N–H and O–H groups in total. The quantitative estimate of drug-likeness (QED) is 0.500. The van der Waals surface area contributed by atoms with Gasteiger partial charge in [0.05, 0.1) is 13.2 Å². The zero-order valence-corrected chi connectivity index (χ0v) is 10.2. The molecule has 2 aromatic heterocycles. The Labute approximate surface area is 108 Å². The molecule has 102 valence electrons. The molecule has 0 aromatic carbocycles. The molecule has 2 heterocycles. The van der Waals surface area contributed by atoms with Crippen LogP contribution in [-0.2, 0) is 0 Å². The van der Waals surface area contributed by atoms with Crippen LogP contribution in [0.3, 0.4) is 0 Å². The molecule has 0 atom stereocenters. The van der Waals surface area contributed by atoms with E-state index in [2.05, 4.69) is 19.9 Å². The minimum Gasteiger partial charge on any atom is -0.395 e. The predicted molar refractivity (Wildman–Crippen MR) is 70.3 cm³/mol. The van der Waals surface area contributed by atoms with Gasteiger partial charge in [0.25, 0.3) is 0 Å². The summed E-state index contributed by atoms with van der Waals surface area (Å²) in [4.78, 5) is 17.8. The molecular formula is C10H15N7O2. The summed E-state index contributed by atoms with van der Waals surface area (Å²) < 4.78 is 0. The fourth-order valence-corrected chi connectivity index (χ4v) is 1.67. The maximum atomic E-state index is 9.00. The summed E-state index contributed by atoms with van der Waals surface area (Å²) in [6.45, 7) is 0.363. The van der Waals surface area contributed by atoms with Crippen molar-refractivity contribution in [2.45, 2.75) is 0 Å². The second-order valence-corrected chi connectivity index (χ2v) is 3.80. The summed E-state index contributed by atoms with van der Waals surface area (Å²) in [7, 11) is 0. The van der Waals surface area contributed by atoms with Crippen LogP contribution in [0.1, 0.15) is 0 Å². The summed E-state index contributed by atoms with van der Waals surface area (Å²) in [6.07, 6.45) is 1.29. The van der Waals surface area contributed by atoms with Crippen LogP contribution in [0.25, 0.3) is 11.0 Å². The monoisotopic (exact) mass is 265 g/mol. The Morgan fingerprint density at radius 2 is 1.63 bits per heavy atom. The normalized spacial score (nSPS) is 10.8. The molecule has 0 amide bonds. The third kappa shape index (κ3) is 2.61. The van der Waals surface area contributed by atoms with Crippen LogP contribution < -0.4 is 16.4 Å². The largest absolute Gasteiger partial charge is 0.395 e. The Kier molecular flexibility index (Phi) is 3.88. The summed E-state index contributed by atoms with van der Waals surface area (Å²) in [5, 5.41) is 18.0. The van der Waals surface area contributed by atoms with Crippen molar-refractivity contribution >= 4 is 28.6 Å². The second-order valence-electron chi connectivity index (χ2n) is 3.80. The van der Waals surface area contributed by atoms with Crippen molar-refractivity contribution in [3.8, 4) is 0 Å². The first-order valence-electron chi connectivity index (χ1n) is 5.67. The molecule has 2 rings (SSSR count). The van der Waals surface area contributed by atoms with E-state index in [0.717, 1.165) is 0 Å². The van der Waals surface area contributed by atoms with Gasteiger partial charge in [0.15, 0.2) is 11.6 Å². The zero-order valence-electron chi connectivity index (χ0n) is 10.2. The highest BCUT2D eigenvalue weighted by Gasteiger charge is 2.14. The fraction of sp³-hybridized carbons (Fsp3) is 0.400. The lowest BCUT2D eigenvalue weighted by Gasteiger charge is -2.21. The van der Waals surface area contributed by atoms with Gasteiger partial charge in [0, 0.05) is 13.1 Å². The van der Waals surface area contributed by atoms with Gasteiger partial charge in [-0.2, -0.15) is 4.98 Å². The van der Waals surface area contributed by atoms with Crippen LogP contribution in [0, 0.1) is 0 Å². The van der Waals surface area contributed by atoms with E-state index >= 15 is 0 Å². The minimum atomic E-state index is -0.0952. The van der Waals surface area contributed by atoms with Gasteiger partial charge in [-0.25, -0.2) is 15.0 Å². The first-order valence-corrected chi connectivity index (χ1v) is 5.67. The molecule has 9 nitrogen and oxygen atoms in total. The van der Waals surface area contributed by atoms with Crippen molar-refractivity contribution in [3.05, 3.63) is 6.33 Å². The number of hydrogen-bond acceptors (Lipinski definition) is 9. The van der Waals surface area contributed by atoms with Gasteiger partial charge >= 0.3 is 0 Å². The Bertz CT molecular complexity index is 571. The number of fused-ring (bicyclic) bond motifs is 1. The first-order chi connectivity index (χ1) is 9.17. The Balaban J connectivity index is 2.51. The van der Waals surface area contributed by atoms with Crippen LogP contribution in [-0.4, -0.2) is 56.5 Å². The minimum absolute atomic E-state index is 0.0952. The lowest BCUT2D eigenvalue weighted by molar-refractivity contribution is 0.280. The highest BCUT2D eigenvalue weighted by atomic mass is 16.3. The van der Waals surface area contributed by atoms with Gasteiger partial charge in [-0.15, -0.1) is 0 Å². The molecule has 0 fully saturated rings. The standard InChI is InChI=1S/C10H15N7O2/c11-8-7-6(13-5-14-8)9(12)16-10(15-7)17(1-3-18)2-4-19/h5,18-19H,1-4H2,(H2,11,13,14)(H2,12,15,16). The topological polar surface area (TPSA) is 147 Å². The lowest BCUT2D eigenvalue weighted by atomic mass is 10.4. The molecule has 0 unspecified atom stereocenters. The van der Waals surface area contributed by atoms with E-state index in [4.69, 9.17) is 21.7 Å². The van der Waals surface area contributed by atoms with Gasteiger partial charge in [0.2, 0.25) is 5.95 Å². The Hall–Kier alpha value is -2.26. The number of rotatable bonds is 5. The van der Waals surface area contributed by atoms with Crippen molar-refractivity contribution in [2.75, 3.05) is 42.7 Å². The van der Waals surface area contributed by atoms with Crippen LogP contribution in [0.15, 0.2) is 6.33 Å². The maximum Gasteiger partial charge on any atom is 0.228 e. The average Bonchev–Trinajstić information content (AvgIpc) is 2.39. The number of aliphatic hydroxyl groups excluding tert-OH is 2. The summed E-state index contributed by atoms with van der Waals surface area (Å²) >= 11 is 0. The first kappa shape index (κ1) is 13.2. The van der Waals surface area contributed by atoms with E-state index in [1.165, 1.54) is 6.33 Å². The molecule has 19 heavy (non-hydrogen) atoms. The molecule has 0 spiro atoms. The van der Waals surface area contributed by atoms with Crippen molar-refractivity contribution in [2.24, 2.45) is 0 Å². The Morgan fingerprint density at radius 1 is 0.947 bits per heavy atom. The smallest absolute Gasteiger partial charge is 0.228 e. The molecule has 0 aliphatic heterocycles. The number of hydrogen-bond donors (Lipinski definition) is 4. The van der Waals surface area contributed by atoms with Crippen LogP contribution in [0.4, 0.5) is 17.6 Å². The van der Waals surface area contributed by atoms with Crippen LogP contribution >= 0.6 is 0 Å². The van der Waals surface area contributed by atoms with E-state index in [-0.39, 0.29) is 43.9 Å². The molecule has 2 aromatic rings. The van der Waals surface area contributed by atoms with Gasteiger partial charge in [-0.1, -0.05) is 0 Å². The second kappa shape index (κ2) is 5.59. The maximum absolute atomic E-state index is 9.00. The van der Waals surface area contributed by atoms with Crippen molar-refractivity contribution in [1.29, 1.82) is 0 Å². The third-order valence-electron chi connectivity index (χ3n) is 2.55. The summed E-state index contributed by atoms with van der Waals surface area (Å²) in [5.41, 5.74) is 12.3. The van der Waals surface area contributed by atoms with E-state index in [0.29, 0.717) is 11.0 Å². The van der Waals surface area contributed by atoms with E-state index in [1.807, 2.05) is 0 Å². The highest BCUT2D eigenvalue weighted by Crippen LogP contribution is 2.21. The van der Waals surface area contributed by atoms with Crippen molar-refractivity contribution in [3.63, 3.8) is 0 Å². The number of aromatic nitrogens is 4. The molecule has 0 aliphatic rings. The average molecular weight is 265 g/mol. The molecular weight excluding hydrogens is 250 g/mol. The number of aliphatic hydroxyl groups is 2. The molecule has 0 aliphatic carbocycles. The van der Waals surface area contributed by atoms with E-state index in [9.17, 15) is 0 Å². The van der Waals surface area contributed by atoms with Crippen LogP contribution in [0.5, 0.6) is 0 Å². The summed E-state index contributed by atoms with van der Waals surface area (Å²) in [5.74, 6) is 0.651. The summed E-state index contributed by atoms with van der Waals surface area (Å²) in [6, 6.07) is 0. The molecule has 0 radical (unpaired) electrons. The van der Waals surface area contributed by atoms with Gasteiger partial charge in [0.1, 0.15) is 17.4 Å². The van der Waals surface area contributed by atoms with Crippen LogP contribution in [0.2, 0.25) is 0 Å². The molecule has 0 bridgehead atoms. The number of nitrogen functional groups attached to an aromatic ring is 2. The lowest BCUT2D eigenvalue weighted by Crippen LogP contribution is -2.31. The predicted octanol–water partition coefficient (Wildman–Crippen LogP) is -1.62. The molecule has 0 saturated heterocycles. The number of anilines is 3. The zero-order chi connectivity index (χ0) is 13.8. The van der Waals surface area contributed by atoms with Gasteiger partial charge in [-0.05, 0) is 0 Å². The van der Waals surface area contributed by atoms with Gasteiger partial charge in [-0.3, -0.25) is 0 Å². The SMILES string of the molecule is Nc1nc(N(CCO)CCO)nc2c(N)ncnc12.